The number of hydrogen-bond donors (Lipinski definition) is 1. The van der Waals surface area contributed by atoms with E-state index in [0.29, 0.717) is 11.1 Å². The third kappa shape index (κ3) is 5.52. The van der Waals surface area contributed by atoms with Crippen LogP contribution in [0, 0.1) is 0 Å². The molecule has 1 aromatic carbocycles. The zero-order chi connectivity index (χ0) is 12.7. The minimum absolute atomic E-state index is 0.463. The Morgan fingerprint density at radius 3 is 2.71 bits per heavy atom. The summed E-state index contributed by atoms with van der Waals surface area (Å²) in [5, 5.41) is 4.80. The van der Waals surface area contributed by atoms with Crippen LogP contribution in [-0.4, -0.2) is 24.6 Å². The zero-order valence-corrected chi connectivity index (χ0v) is 12.6. The van der Waals surface area contributed by atoms with Gasteiger partial charge in [-0.2, -0.15) is 11.8 Å². The van der Waals surface area contributed by atoms with E-state index >= 15 is 0 Å². The SMILES string of the molecule is CCCSCC(Cc1ccc(Cl)cc1Cl)NC. The molecule has 0 radical (unpaired) electrons. The molecule has 0 aliphatic carbocycles. The van der Waals surface area contributed by atoms with Gasteiger partial charge in [-0.1, -0.05) is 36.2 Å². The van der Waals surface area contributed by atoms with Crippen molar-refractivity contribution in [3.05, 3.63) is 33.8 Å². The molecule has 0 heterocycles. The molecule has 1 N–H and O–H groups in total. The lowest BCUT2D eigenvalue weighted by molar-refractivity contribution is 0.617. The van der Waals surface area contributed by atoms with E-state index in [-0.39, 0.29) is 0 Å². The number of halogens is 2. The normalized spacial score (nSPS) is 12.7. The van der Waals surface area contributed by atoms with Crippen molar-refractivity contribution in [3.63, 3.8) is 0 Å². The smallest absolute Gasteiger partial charge is 0.0453 e. The minimum Gasteiger partial charge on any atom is -0.316 e. The predicted octanol–water partition coefficient (Wildman–Crippen LogP) is 4.27. The first-order chi connectivity index (χ1) is 8.17. The van der Waals surface area contributed by atoms with Crippen LogP contribution in [-0.2, 0) is 6.42 Å². The Hall–Kier alpha value is 0.110. The quantitative estimate of drug-likeness (QED) is 0.753. The molecule has 96 valence electrons. The van der Waals surface area contributed by atoms with E-state index in [1.807, 2.05) is 37.0 Å². The van der Waals surface area contributed by atoms with E-state index in [4.69, 9.17) is 23.2 Å². The highest BCUT2D eigenvalue weighted by atomic mass is 35.5. The highest BCUT2D eigenvalue weighted by Gasteiger charge is 2.10. The Kier molecular flexibility index (Phi) is 7.36. The standard InChI is InChI=1S/C13H19Cl2NS/c1-3-6-17-9-12(16-2)7-10-4-5-11(14)8-13(10)15/h4-5,8,12,16H,3,6-7,9H2,1-2H3. The number of nitrogens with one attached hydrogen (secondary N) is 1. The second kappa shape index (κ2) is 8.25. The van der Waals surface area contributed by atoms with E-state index in [9.17, 15) is 0 Å². The fourth-order valence-electron chi connectivity index (χ4n) is 1.57. The first kappa shape index (κ1) is 15.2. The van der Waals surface area contributed by atoms with Crippen LogP contribution in [0.4, 0.5) is 0 Å². The molecule has 0 spiro atoms. The average Bonchev–Trinajstić information content (AvgIpc) is 2.31. The lowest BCUT2D eigenvalue weighted by Crippen LogP contribution is -2.30. The van der Waals surface area contributed by atoms with Gasteiger partial charge in [0.25, 0.3) is 0 Å². The van der Waals surface area contributed by atoms with E-state index in [2.05, 4.69) is 12.2 Å². The molecule has 0 aliphatic rings. The molecule has 1 atom stereocenters. The molecule has 0 amide bonds. The predicted molar refractivity (Wildman–Crippen MR) is 80.6 cm³/mol. The number of rotatable bonds is 7. The van der Waals surface area contributed by atoms with Crippen molar-refractivity contribution in [3.8, 4) is 0 Å². The summed E-state index contributed by atoms with van der Waals surface area (Å²) in [5.41, 5.74) is 1.16. The van der Waals surface area contributed by atoms with E-state index < -0.39 is 0 Å². The van der Waals surface area contributed by atoms with Gasteiger partial charge < -0.3 is 5.32 Å². The topological polar surface area (TPSA) is 12.0 Å². The molecule has 0 bridgehead atoms. The summed E-state index contributed by atoms with van der Waals surface area (Å²) >= 11 is 14.0. The van der Waals surface area contributed by atoms with E-state index in [1.165, 1.54) is 12.2 Å². The summed E-state index contributed by atoms with van der Waals surface area (Å²) in [7, 11) is 2.00. The number of thioether (sulfide) groups is 1. The van der Waals surface area contributed by atoms with Gasteiger partial charge in [0.15, 0.2) is 0 Å². The van der Waals surface area contributed by atoms with E-state index in [0.717, 1.165) is 22.8 Å². The zero-order valence-electron chi connectivity index (χ0n) is 10.3. The maximum Gasteiger partial charge on any atom is 0.0453 e. The highest BCUT2D eigenvalue weighted by molar-refractivity contribution is 7.99. The van der Waals surface area contributed by atoms with Gasteiger partial charge in [-0.15, -0.1) is 0 Å². The summed E-state index contributed by atoms with van der Waals surface area (Å²) in [6, 6.07) is 6.18. The second-order valence-corrected chi connectivity index (χ2v) is 5.99. The molecule has 1 aromatic rings. The van der Waals surface area contributed by atoms with Crippen molar-refractivity contribution in [2.24, 2.45) is 0 Å². The number of likely N-dealkylation sites (N-methyl/N-ethyl adjacent to an activating group) is 1. The fourth-order valence-corrected chi connectivity index (χ4v) is 3.08. The van der Waals surface area contributed by atoms with Gasteiger partial charge in [-0.25, -0.2) is 0 Å². The van der Waals surface area contributed by atoms with Crippen LogP contribution in [0.3, 0.4) is 0 Å². The van der Waals surface area contributed by atoms with Crippen molar-refractivity contribution >= 4 is 35.0 Å². The average molecular weight is 292 g/mol. The first-order valence-corrected chi connectivity index (χ1v) is 7.77. The third-order valence-electron chi connectivity index (χ3n) is 2.56. The van der Waals surface area contributed by atoms with Crippen LogP contribution in [0.1, 0.15) is 18.9 Å². The molecule has 1 nitrogen and oxygen atoms in total. The highest BCUT2D eigenvalue weighted by Crippen LogP contribution is 2.22. The van der Waals surface area contributed by atoms with Crippen LogP contribution >= 0.6 is 35.0 Å². The molecule has 0 fully saturated rings. The molecule has 1 unspecified atom stereocenters. The monoisotopic (exact) mass is 291 g/mol. The van der Waals surface area contributed by atoms with Gasteiger partial charge in [-0.05, 0) is 43.3 Å². The van der Waals surface area contributed by atoms with Crippen LogP contribution < -0.4 is 5.32 Å². The van der Waals surface area contributed by atoms with Gasteiger partial charge in [0, 0.05) is 21.8 Å². The van der Waals surface area contributed by atoms with Crippen molar-refractivity contribution in [1.82, 2.24) is 5.32 Å². The van der Waals surface area contributed by atoms with Gasteiger partial charge in [-0.3, -0.25) is 0 Å². The number of hydrogen-bond acceptors (Lipinski definition) is 2. The Morgan fingerprint density at radius 2 is 2.12 bits per heavy atom. The van der Waals surface area contributed by atoms with Crippen LogP contribution in [0.15, 0.2) is 18.2 Å². The molecular formula is C13H19Cl2NS. The molecule has 0 aliphatic heterocycles. The van der Waals surface area contributed by atoms with Gasteiger partial charge in [0.05, 0.1) is 0 Å². The maximum atomic E-state index is 6.17. The summed E-state index contributed by atoms with van der Waals surface area (Å²) < 4.78 is 0. The van der Waals surface area contributed by atoms with Crippen molar-refractivity contribution in [2.75, 3.05) is 18.6 Å². The Morgan fingerprint density at radius 1 is 1.35 bits per heavy atom. The van der Waals surface area contributed by atoms with E-state index in [1.54, 1.807) is 0 Å². The maximum absolute atomic E-state index is 6.17. The molecule has 0 saturated heterocycles. The van der Waals surface area contributed by atoms with Gasteiger partial charge in [0.1, 0.15) is 0 Å². The Labute approximate surface area is 118 Å². The Balaban J connectivity index is 2.54. The summed E-state index contributed by atoms with van der Waals surface area (Å²) in [6.45, 7) is 2.21. The fraction of sp³-hybridized carbons (Fsp3) is 0.538. The lowest BCUT2D eigenvalue weighted by Gasteiger charge is -2.16. The van der Waals surface area contributed by atoms with Crippen molar-refractivity contribution in [1.29, 1.82) is 0 Å². The molecule has 17 heavy (non-hydrogen) atoms. The Bertz CT molecular complexity index is 344. The van der Waals surface area contributed by atoms with Crippen molar-refractivity contribution in [2.45, 2.75) is 25.8 Å². The third-order valence-corrected chi connectivity index (χ3v) is 4.48. The molecular weight excluding hydrogens is 273 g/mol. The van der Waals surface area contributed by atoms with Crippen LogP contribution in [0.5, 0.6) is 0 Å². The van der Waals surface area contributed by atoms with Gasteiger partial charge >= 0.3 is 0 Å². The molecule has 0 aromatic heterocycles. The van der Waals surface area contributed by atoms with Gasteiger partial charge in [0.2, 0.25) is 0 Å². The summed E-state index contributed by atoms with van der Waals surface area (Å²) in [4.78, 5) is 0. The molecule has 1 rings (SSSR count). The molecule has 0 saturated carbocycles. The van der Waals surface area contributed by atoms with Crippen molar-refractivity contribution < 1.29 is 0 Å². The van der Waals surface area contributed by atoms with Crippen LogP contribution in [0.25, 0.3) is 0 Å². The second-order valence-electron chi connectivity index (χ2n) is 4.00. The van der Waals surface area contributed by atoms with Crippen LogP contribution in [0.2, 0.25) is 10.0 Å². The largest absolute Gasteiger partial charge is 0.316 e. The number of benzene rings is 1. The summed E-state index contributed by atoms with van der Waals surface area (Å²) in [6.07, 6.45) is 2.17. The first-order valence-electron chi connectivity index (χ1n) is 5.86. The minimum atomic E-state index is 0.463. The molecule has 4 heteroatoms. The lowest BCUT2D eigenvalue weighted by atomic mass is 10.1. The summed E-state index contributed by atoms with van der Waals surface area (Å²) in [5.74, 6) is 2.33.